The van der Waals surface area contributed by atoms with Gasteiger partial charge in [0.2, 0.25) is 0 Å². The Morgan fingerprint density at radius 3 is 2.36 bits per heavy atom. The molecule has 0 radical (unpaired) electrons. The van der Waals surface area contributed by atoms with Gasteiger partial charge in [-0.15, -0.1) is 12.4 Å². The third-order valence-electron chi connectivity index (χ3n) is 3.97. The van der Waals surface area contributed by atoms with Gasteiger partial charge >= 0.3 is 6.03 Å². The Bertz CT molecular complexity index is 545. The van der Waals surface area contributed by atoms with Crippen LogP contribution in [0.2, 0.25) is 0 Å². The summed E-state index contributed by atoms with van der Waals surface area (Å²) in [6, 6.07) is 6.41. The number of hydrogen-bond acceptors (Lipinski definition) is 2. The first-order valence-corrected chi connectivity index (χ1v) is 7.49. The highest BCUT2D eigenvalue weighted by atomic mass is 35.5. The van der Waals surface area contributed by atoms with Crippen molar-refractivity contribution in [2.45, 2.75) is 27.7 Å². The van der Waals surface area contributed by atoms with Crippen molar-refractivity contribution in [2.75, 3.05) is 31.1 Å². The molecule has 1 N–H and O–H groups in total. The molecule has 1 aromatic carbocycles. The molecule has 122 valence electrons. The lowest BCUT2D eigenvalue weighted by atomic mass is 10.1. The minimum atomic E-state index is -0.00295. The molecule has 1 aromatic rings. The lowest BCUT2D eigenvalue weighted by molar-refractivity contribution is 0.198. The average molecular weight is 324 g/mol. The summed E-state index contributed by atoms with van der Waals surface area (Å²) >= 11 is 0. The maximum absolute atomic E-state index is 12.0. The topological polar surface area (TPSA) is 35.6 Å². The van der Waals surface area contributed by atoms with Gasteiger partial charge in [0, 0.05) is 38.1 Å². The summed E-state index contributed by atoms with van der Waals surface area (Å²) in [7, 11) is 0. The van der Waals surface area contributed by atoms with E-state index in [1.165, 1.54) is 16.8 Å². The standard InChI is InChI=1S/C17H25N3O.ClH/c1-13(2)12-18-17(21)20-10-8-19(9-11-20)16-7-5-6-14(3)15(16)4;/h5-7,12H,8-11H2,1-4H3,(H,18,21);1H. The largest absolute Gasteiger partial charge is 0.368 e. The molecule has 1 heterocycles. The molecule has 4 nitrogen and oxygen atoms in total. The van der Waals surface area contributed by atoms with E-state index in [0.717, 1.165) is 31.8 Å². The number of carbonyl (C=O) groups is 1. The number of rotatable bonds is 2. The van der Waals surface area contributed by atoms with Crippen molar-refractivity contribution < 1.29 is 4.79 Å². The lowest BCUT2D eigenvalue weighted by Gasteiger charge is -2.36. The number of amides is 2. The molecule has 1 aliphatic rings. The highest BCUT2D eigenvalue weighted by Gasteiger charge is 2.21. The number of halogens is 1. The fourth-order valence-electron chi connectivity index (χ4n) is 2.53. The van der Waals surface area contributed by atoms with Gasteiger partial charge < -0.3 is 15.1 Å². The van der Waals surface area contributed by atoms with Crippen LogP contribution in [0.25, 0.3) is 0 Å². The second-order valence-corrected chi connectivity index (χ2v) is 5.86. The first-order chi connectivity index (χ1) is 9.99. The van der Waals surface area contributed by atoms with Crippen molar-refractivity contribution in [2.24, 2.45) is 0 Å². The molecule has 2 rings (SSSR count). The fourth-order valence-corrected chi connectivity index (χ4v) is 2.53. The zero-order chi connectivity index (χ0) is 15.4. The van der Waals surface area contributed by atoms with Crippen LogP contribution in [0.1, 0.15) is 25.0 Å². The number of urea groups is 1. The van der Waals surface area contributed by atoms with E-state index in [1.807, 2.05) is 18.7 Å². The molecular formula is C17H26ClN3O. The Morgan fingerprint density at radius 2 is 1.77 bits per heavy atom. The summed E-state index contributed by atoms with van der Waals surface area (Å²) in [5, 5.41) is 2.83. The van der Waals surface area contributed by atoms with Gasteiger partial charge in [0.25, 0.3) is 0 Å². The number of benzene rings is 1. The summed E-state index contributed by atoms with van der Waals surface area (Å²) in [6.07, 6.45) is 1.76. The number of hydrogen-bond donors (Lipinski definition) is 1. The van der Waals surface area contributed by atoms with Crippen molar-refractivity contribution in [1.82, 2.24) is 10.2 Å². The summed E-state index contributed by atoms with van der Waals surface area (Å²) < 4.78 is 0. The van der Waals surface area contributed by atoms with Crippen molar-refractivity contribution in [3.63, 3.8) is 0 Å². The third-order valence-corrected chi connectivity index (χ3v) is 3.97. The van der Waals surface area contributed by atoms with Crippen LogP contribution in [0.4, 0.5) is 10.5 Å². The molecule has 1 fully saturated rings. The van der Waals surface area contributed by atoms with E-state index in [0.29, 0.717) is 0 Å². The Morgan fingerprint density at radius 1 is 1.14 bits per heavy atom. The molecule has 0 unspecified atom stereocenters. The highest BCUT2D eigenvalue weighted by molar-refractivity contribution is 5.85. The number of nitrogens with one attached hydrogen (secondary N) is 1. The first-order valence-electron chi connectivity index (χ1n) is 7.49. The summed E-state index contributed by atoms with van der Waals surface area (Å²) in [4.78, 5) is 16.3. The second kappa shape index (κ2) is 8.08. The highest BCUT2D eigenvalue weighted by Crippen LogP contribution is 2.23. The Hall–Kier alpha value is -1.68. The molecular weight excluding hydrogens is 298 g/mol. The number of anilines is 1. The van der Waals surface area contributed by atoms with Crippen LogP contribution < -0.4 is 10.2 Å². The number of aryl methyl sites for hydroxylation is 1. The van der Waals surface area contributed by atoms with E-state index in [4.69, 9.17) is 0 Å². The number of allylic oxidation sites excluding steroid dienone is 1. The van der Waals surface area contributed by atoms with Gasteiger partial charge in [-0.25, -0.2) is 4.79 Å². The SMILES string of the molecule is CC(C)=CNC(=O)N1CCN(c2cccc(C)c2C)CC1.Cl. The quantitative estimate of drug-likeness (QED) is 0.904. The zero-order valence-corrected chi connectivity index (χ0v) is 14.7. The molecule has 2 amide bonds. The molecule has 0 saturated carbocycles. The minimum absolute atomic E-state index is 0. The molecule has 22 heavy (non-hydrogen) atoms. The molecule has 5 heteroatoms. The second-order valence-electron chi connectivity index (χ2n) is 5.86. The van der Waals surface area contributed by atoms with Crippen LogP contribution in [0.5, 0.6) is 0 Å². The van der Waals surface area contributed by atoms with E-state index < -0.39 is 0 Å². The predicted molar refractivity (Wildman–Crippen MR) is 94.9 cm³/mol. The van der Waals surface area contributed by atoms with Crippen LogP contribution >= 0.6 is 12.4 Å². The van der Waals surface area contributed by atoms with Gasteiger partial charge in [0.15, 0.2) is 0 Å². The molecule has 0 aliphatic carbocycles. The zero-order valence-electron chi connectivity index (χ0n) is 13.8. The molecule has 0 bridgehead atoms. The maximum atomic E-state index is 12.0. The summed E-state index contributed by atoms with van der Waals surface area (Å²) in [5.41, 5.74) is 5.04. The summed E-state index contributed by atoms with van der Waals surface area (Å²) in [6.45, 7) is 11.5. The number of carbonyl (C=O) groups excluding carboxylic acids is 1. The monoisotopic (exact) mass is 323 g/mol. The van der Waals surface area contributed by atoms with Gasteiger partial charge in [0.05, 0.1) is 0 Å². The van der Waals surface area contributed by atoms with E-state index in [2.05, 4.69) is 42.3 Å². The average Bonchev–Trinajstić information content (AvgIpc) is 2.48. The van der Waals surface area contributed by atoms with Crippen LogP contribution in [0.3, 0.4) is 0 Å². The molecule has 1 aliphatic heterocycles. The van der Waals surface area contributed by atoms with Crippen molar-refractivity contribution in [3.05, 3.63) is 41.1 Å². The fraction of sp³-hybridized carbons (Fsp3) is 0.471. The molecule has 0 spiro atoms. The third kappa shape index (κ3) is 4.41. The predicted octanol–water partition coefficient (Wildman–Crippen LogP) is 3.48. The van der Waals surface area contributed by atoms with E-state index in [1.54, 1.807) is 6.20 Å². The van der Waals surface area contributed by atoms with Gasteiger partial charge in [-0.2, -0.15) is 0 Å². The molecule has 1 saturated heterocycles. The Kier molecular flexibility index (Phi) is 6.75. The van der Waals surface area contributed by atoms with E-state index >= 15 is 0 Å². The normalized spacial score (nSPS) is 14.2. The molecule has 0 aromatic heterocycles. The lowest BCUT2D eigenvalue weighted by Crippen LogP contribution is -2.51. The smallest absolute Gasteiger partial charge is 0.321 e. The van der Waals surface area contributed by atoms with Crippen molar-refractivity contribution in [1.29, 1.82) is 0 Å². The Balaban J connectivity index is 0.00000242. The summed E-state index contributed by atoms with van der Waals surface area (Å²) in [5.74, 6) is 0. The van der Waals surface area contributed by atoms with Gasteiger partial charge in [-0.1, -0.05) is 17.7 Å². The minimum Gasteiger partial charge on any atom is -0.368 e. The van der Waals surface area contributed by atoms with Crippen LogP contribution in [0, 0.1) is 13.8 Å². The van der Waals surface area contributed by atoms with Gasteiger partial charge in [-0.3, -0.25) is 0 Å². The van der Waals surface area contributed by atoms with Gasteiger partial charge in [0.1, 0.15) is 0 Å². The van der Waals surface area contributed by atoms with Crippen LogP contribution in [-0.2, 0) is 0 Å². The number of piperazine rings is 1. The van der Waals surface area contributed by atoms with Crippen molar-refractivity contribution in [3.8, 4) is 0 Å². The van der Waals surface area contributed by atoms with Crippen LogP contribution in [-0.4, -0.2) is 37.1 Å². The Labute approximate surface area is 139 Å². The first kappa shape index (κ1) is 18.4. The number of nitrogens with zero attached hydrogens (tertiary/aromatic N) is 2. The van der Waals surface area contributed by atoms with Crippen molar-refractivity contribution >= 4 is 24.1 Å². The van der Waals surface area contributed by atoms with E-state index in [9.17, 15) is 4.79 Å². The van der Waals surface area contributed by atoms with Crippen LogP contribution in [0.15, 0.2) is 30.0 Å². The maximum Gasteiger partial charge on any atom is 0.321 e. The molecule has 0 atom stereocenters. The van der Waals surface area contributed by atoms with Gasteiger partial charge in [-0.05, 0) is 44.9 Å². The van der Waals surface area contributed by atoms with E-state index in [-0.39, 0.29) is 18.4 Å².